The summed E-state index contributed by atoms with van der Waals surface area (Å²) in [5.41, 5.74) is 2.05. The van der Waals surface area contributed by atoms with Gasteiger partial charge in [-0.1, -0.05) is 54.8 Å². The minimum absolute atomic E-state index is 0.256. The molecule has 2 atom stereocenters. The van der Waals surface area contributed by atoms with Crippen LogP contribution in [-0.2, 0) is 0 Å². The molecule has 2 aromatic rings. The van der Waals surface area contributed by atoms with Crippen molar-refractivity contribution < 1.29 is 4.39 Å². The highest BCUT2D eigenvalue weighted by Crippen LogP contribution is 2.36. The molecule has 110 valence electrons. The van der Waals surface area contributed by atoms with Gasteiger partial charge in [-0.2, -0.15) is 0 Å². The molecule has 0 radical (unpaired) electrons. The monoisotopic (exact) mass is 303 g/mol. The van der Waals surface area contributed by atoms with Crippen molar-refractivity contribution in [2.75, 3.05) is 5.32 Å². The Bertz CT molecular complexity index is 599. The van der Waals surface area contributed by atoms with Gasteiger partial charge in [0.05, 0.1) is 10.7 Å². The number of rotatable bonds is 3. The summed E-state index contributed by atoms with van der Waals surface area (Å²) < 4.78 is 13.4. The van der Waals surface area contributed by atoms with Crippen molar-refractivity contribution in [3.05, 3.63) is 64.9 Å². The van der Waals surface area contributed by atoms with Gasteiger partial charge in [-0.05, 0) is 36.6 Å². The number of halogens is 2. The second kappa shape index (κ2) is 6.48. The van der Waals surface area contributed by atoms with Crippen molar-refractivity contribution in [1.29, 1.82) is 0 Å². The molecule has 1 aliphatic rings. The molecule has 0 saturated heterocycles. The average Bonchev–Trinajstić information content (AvgIpc) is 2.52. The van der Waals surface area contributed by atoms with E-state index in [0.717, 1.165) is 12.8 Å². The summed E-state index contributed by atoms with van der Waals surface area (Å²) in [6.45, 7) is 0. The molecule has 0 heterocycles. The van der Waals surface area contributed by atoms with Crippen molar-refractivity contribution in [1.82, 2.24) is 0 Å². The lowest BCUT2D eigenvalue weighted by atomic mass is 9.80. The van der Waals surface area contributed by atoms with Gasteiger partial charge in [0.15, 0.2) is 0 Å². The van der Waals surface area contributed by atoms with Gasteiger partial charge < -0.3 is 5.32 Å². The number of hydrogen-bond acceptors (Lipinski definition) is 1. The molecule has 1 aliphatic carbocycles. The lowest BCUT2D eigenvalue weighted by Gasteiger charge is -2.33. The lowest BCUT2D eigenvalue weighted by molar-refractivity contribution is 0.405. The van der Waals surface area contributed by atoms with Crippen LogP contribution in [0, 0.1) is 5.82 Å². The van der Waals surface area contributed by atoms with Gasteiger partial charge in [-0.3, -0.25) is 0 Å². The van der Waals surface area contributed by atoms with Crippen molar-refractivity contribution in [3.63, 3.8) is 0 Å². The maximum Gasteiger partial charge on any atom is 0.125 e. The van der Waals surface area contributed by atoms with Crippen LogP contribution in [0.2, 0.25) is 5.02 Å². The first-order valence-electron chi connectivity index (χ1n) is 7.50. The molecule has 0 bridgehead atoms. The summed E-state index contributed by atoms with van der Waals surface area (Å²) in [4.78, 5) is 0. The Labute approximate surface area is 130 Å². The Morgan fingerprint density at radius 3 is 2.57 bits per heavy atom. The molecular weight excluding hydrogens is 285 g/mol. The van der Waals surface area contributed by atoms with Crippen LogP contribution in [-0.4, -0.2) is 6.04 Å². The van der Waals surface area contributed by atoms with Gasteiger partial charge in [-0.15, -0.1) is 0 Å². The van der Waals surface area contributed by atoms with E-state index >= 15 is 0 Å². The highest BCUT2D eigenvalue weighted by Gasteiger charge is 2.26. The zero-order valence-electron chi connectivity index (χ0n) is 11.9. The molecule has 0 spiro atoms. The molecule has 21 heavy (non-hydrogen) atoms. The van der Waals surface area contributed by atoms with Crippen molar-refractivity contribution in [2.45, 2.75) is 37.6 Å². The standard InChI is InChI=1S/C18H19ClFN/c19-16-11-10-14(20)12-18(16)21-17-9-5-4-8-15(17)13-6-2-1-3-7-13/h1-3,6-7,10-12,15,17,21H,4-5,8-9H2. The van der Waals surface area contributed by atoms with E-state index < -0.39 is 0 Å². The maximum atomic E-state index is 13.4. The summed E-state index contributed by atoms with van der Waals surface area (Å²) in [6.07, 6.45) is 4.70. The second-order valence-electron chi connectivity index (χ2n) is 5.68. The Balaban J connectivity index is 1.83. The highest BCUT2D eigenvalue weighted by molar-refractivity contribution is 6.33. The van der Waals surface area contributed by atoms with Crippen LogP contribution >= 0.6 is 11.6 Å². The lowest BCUT2D eigenvalue weighted by Crippen LogP contribution is -2.30. The van der Waals surface area contributed by atoms with Gasteiger partial charge in [0.1, 0.15) is 5.82 Å². The molecule has 0 aliphatic heterocycles. The quantitative estimate of drug-likeness (QED) is 0.776. The van der Waals surface area contributed by atoms with E-state index in [-0.39, 0.29) is 5.82 Å². The minimum Gasteiger partial charge on any atom is -0.380 e. The Kier molecular flexibility index (Phi) is 4.45. The van der Waals surface area contributed by atoms with Crippen molar-refractivity contribution in [3.8, 4) is 0 Å². The first-order valence-corrected chi connectivity index (χ1v) is 7.88. The number of hydrogen-bond donors (Lipinski definition) is 1. The largest absolute Gasteiger partial charge is 0.380 e. The van der Waals surface area contributed by atoms with E-state index in [2.05, 4.69) is 29.6 Å². The Hall–Kier alpha value is -1.54. The Morgan fingerprint density at radius 2 is 1.76 bits per heavy atom. The third-order valence-corrected chi connectivity index (χ3v) is 4.59. The maximum absolute atomic E-state index is 13.4. The van der Waals surface area contributed by atoms with Crippen molar-refractivity contribution in [2.24, 2.45) is 0 Å². The van der Waals surface area contributed by atoms with Crippen LogP contribution in [0.1, 0.15) is 37.2 Å². The van der Waals surface area contributed by atoms with Crippen LogP contribution in [0.5, 0.6) is 0 Å². The molecule has 1 fully saturated rings. The van der Waals surface area contributed by atoms with Crippen LogP contribution in [0.25, 0.3) is 0 Å². The number of benzene rings is 2. The van der Waals surface area contributed by atoms with Gasteiger partial charge in [0, 0.05) is 12.0 Å². The zero-order valence-corrected chi connectivity index (χ0v) is 12.6. The summed E-state index contributed by atoms with van der Waals surface area (Å²) in [5.74, 6) is 0.202. The van der Waals surface area contributed by atoms with E-state index in [4.69, 9.17) is 11.6 Å². The fourth-order valence-electron chi connectivity index (χ4n) is 3.21. The summed E-state index contributed by atoms with van der Waals surface area (Å²) >= 11 is 6.18. The molecule has 2 aromatic carbocycles. The number of anilines is 1. The van der Waals surface area contributed by atoms with Gasteiger partial charge in [0.25, 0.3) is 0 Å². The van der Waals surface area contributed by atoms with E-state index in [9.17, 15) is 4.39 Å². The fourth-order valence-corrected chi connectivity index (χ4v) is 3.38. The van der Waals surface area contributed by atoms with Gasteiger partial charge in [0.2, 0.25) is 0 Å². The minimum atomic E-state index is -0.256. The molecule has 0 aromatic heterocycles. The molecule has 0 amide bonds. The molecule has 1 saturated carbocycles. The topological polar surface area (TPSA) is 12.0 Å². The molecule has 1 nitrogen and oxygen atoms in total. The molecule has 3 heteroatoms. The van der Waals surface area contributed by atoms with E-state index in [0.29, 0.717) is 22.7 Å². The second-order valence-corrected chi connectivity index (χ2v) is 6.08. The summed E-state index contributed by atoms with van der Waals surface area (Å²) in [7, 11) is 0. The third kappa shape index (κ3) is 3.38. The predicted molar refractivity (Wildman–Crippen MR) is 86.5 cm³/mol. The normalized spacial score (nSPS) is 22.0. The first-order chi connectivity index (χ1) is 10.2. The number of nitrogens with one attached hydrogen (secondary N) is 1. The van der Waals surface area contributed by atoms with Crippen molar-refractivity contribution >= 4 is 17.3 Å². The molecular formula is C18H19ClFN. The first kappa shape index (κ1) is 14.4. The van der Waals surface area contributed by atoms with E-state index in [1.54, 1.807) is 6.07 Å². The summed E-state index contributed by atoms with van der Waals surface area (Å²) in [6, 6.07) is 15.3. The molecule has 2 unspecified atom stereocenters. The smallest absolute Gasteiger partial charge is 0.125 e. The van der Waals surface area contributed by atoms with E-state index in [1.807, 2.05) is 6.07 Å². The Morgan fingerprint density at radius 1 is 1.00 bits per heavy atom. The van der Waals surface area contributed by atoms with Crippen LogP contribution in [0.4, 0.5) is 10.1 Å². The zero-order chi connectivity index (χ0) is 14.7. The van der Waals surface area contributed by atoms with Crippen LogP contribution < -0.4 is 5.32 Å². The highest BCUT2D eigenvalue weighted by atomic mass is 35.5. The molecule has 3 rings (SSSR count). The van der Waals surface area contributed by atoms with Crippen LogP contribution in [0.3, 0.4) is 0 Å². The fraction of sp³-hybridized carbons (Fsp3) is 0.333. The van der Waals surface area contributed by atoms with Gasteiger partial charge in [-0.25, -0.2) is 4.39 Å². The molecule has 1 N–H and O–H groups in total. The average molecular weight is 304 g/mol. The van der Waals surface area contributed by atoms with Gasteiger partial charge >= 0.3 is 0 Å². The van der Waals surface area contributed by atoms with E-state index in [1.165, 1.54) is 30.5 Å². The predicted octanol–water partition coefficient (Wildman–Crippen LogP) is 5.62. The third-order valence-electron chi connectivity index (χ3n) is 4.26. The SMILES string of the molecule is Fc1ccc(Cl)c(NC2CCCCC2c2ccccc2)c1. The summed E-state index contributed by atoms with van der Waals surface area (Å²) in [5, 5.41) is 4.04. The van der Waals surface area contributed by atoms with Crippen LogP contribution in [0.15, 0.2) is 48.5 Å².